The summed E-state index contributed by atoms with van der Waals surface area (Å²) in [6, 6.07) is 28.2. The minimum Gasteiger partial charge on any atom is -0.493 e. The van der Waals surface area contributed by atoms with Gasteiger partial charge in [-0.25, -0.2) is 0 Å². The van der Waals surface area contributed by atoms with Gasteiger partial charge in [-0.05, 0) is 43.5 Å². The number of benzene rings is 3. The van der Waals surface area contributed by atoms with Crippen molar-refractivity contribution in [1.29, 1.82) is 0 Å². The number of carbonyl (C=O) groups excluding carboxylic acids is 1. The molecule has 4 nitrogen and oxygen atoms in total. The van der Waals surface area contributed by atoms with Crippen LogP contribution in [0.5, 0.6) is 11.5 Å². The van der Waals surface area contributed by atoms with Crippen molar-refractivity contribution in [2.45, 2.75) is 31.7 Å². The average Bonchev–Trinajstić information content (AvgIpc) is 3.13. The van der Waals surface area contributed by atoms with Crippen LogP contribution in [-0.2, 0) is 10.2 Å². The Labute approximate surface area is 190 Å². The summed E-state index contributed by atoms with van der Waals surface area (Å²) in [6.45, 7) is 5.39. The fourth-order valence-corrected chi connectivity index (χ4v) is 4.95. The molecule has 1 aliphatic heterocycles. The molecule has 4 heteroatoms. The Morgan fingerprint density at radius 3 is 1.94 bits per heavy atom. The van der Waals surface area contributed by atoms with Crippen molar-refractivity contribution >= 4 is 5.91 Å². The Balaban J connectivity index is 1.72. The first kappa shape index (κ1) is 21.9. The second-order valence-corrected chi connectivity index (χ2v) is 8.58. The summed E-state index contributed by atoms with van der Waals surface area (Å²) in [5, 5.41) is 0. The van der Waals surface area contributed by atoms with E-state index in [1.165, 1.54) is 0 Å². The quantitative estimate of drug-likeness (QED) is 0.487. The molecule has 1 aliphatic rings. The monoisotopic (exact) mass is 429 g/mol. The van der Waals surface area contributed by atoms with Crippen LogP contribution < -0.4 is 9.47 Å². The van der Waals surface area contributed by atoms with E-state index in [0.29, 0.717) is 13.2 Å². The zero-order chi connectivity index (χ0) is 22.6. The third-order valence-electron chi connectivity index (χ3n) is 6.50. The molecule has 1 heterocycles. The lowest BCUT2D eigenvalue weighted by molar-refractivity contribution is -0.132. The van der Waals surface area contributed by atoms with Crippen LogP contribution in [0.4, 0.5) is 0 Å². The van der Waals surface area contributed by atoms with Crippen LogP contribution in [0, 0.1) is 5.92 Å². The van der Waals surface area contributed by atoms with Gasteiger partial charge in [0.25, 0.3) is 0 Å². The summed E-state index contributed by atoms with van der Waals surface area (Å²) in [7, 11) is 1.65. The molecule has 0 N–H and O–H groups in total. The van der Waals surface area contributed by atoms with Crippen molar-refractivity contribution in [3.63, 3.8) is 0 Å². The highest BCUT2D eigenvalue weighted by atomic mass is 16.5. The SMILES string of the molecule is COc1ccccc1OCC[C@H]1CN(C(C)C)C(=O)C1(c1ccccc1)c1ccccc1. The molecule has 166 valence electrons. The minimum atomic E-state index is -0.725. The van der Waals surface area contributed by atoms with Crippen molar-refractivity contribution in [2.75, 3.05) is 20.3 Å². The molecular formula is C28H31NO3. The van der Waals surface area contributed by atoms with Gasteiger partial charge in [0.15, 0.2) is 11.5 Å². The predicted molar refractivity (Wildman–Crippen MR) is 127 cm³/mol. The average molecular weight is 430 g/mol. The van der Waals surface area contributed by atoms with E-state index in [4.69, 9.17) is 9.47 Å². The molecule has 0 aliphatic carbocycles. The number of para-hydroxylation sites is 2. The number of amides is 1. The van der Waals surface area contributed by atoms with Gasteiger partial charge in [-0.15, -0.1) is 0 Å². The van der Waals surface area contributed by atoms with Crippen molar-refractivity contribution in [3.05, 3.63) is 96.1 Å². The van der Waals surface area contributed by atoms with Gasteiger partial charge in [0.1, 0.15) is 5.41 Å². The Hall–Kier alpha value is -3.27. The zero-order valence-electron chi connectivity index (χ0n) is 19.0. The summed E-state index contributed by atoms with van der Waals surface area (Å²) >= 11 is 0. The number of likely N-dealkylation sites (tertiary alicyclic amines) is 1. The van der Waals surface area contributed by atoms with Crippen LogP contribution in [-0.4, -0.2) is 37.1 Å². The van der Waals surface area contributed by atoms with E-state index >= 15 is 0 Å². The first-order valence-electron chi connectivity index (χ1n) is 11.3. The first-order chi connectivity index (χ1) is 15.6. The van der Waals surface area contributed by atoms with E-state index in [1.807, 2.05) is 65.6 Å². The number of hydrogen-bond acceptors (Lipinski definition) is 3. The van der Waals surface area contributed by atoms with Gasteiger partial charge in [0.05, 0.1) is 13.7 Å². The predicted octanol–water partition coefficient (Wildman–Crippen LogP) is 5.32. The van der Waals surface area contributed by atoms with Gasteiger partial charge < -0.3 is 14.4 Å². The molecule has 3 aromatic carbocycles. The maximum Gasteiger partial charge on any atom is 0.238 e. The molecule has 0 unspecified atom stereocenters. The molecule has 1 atom stereocenters. The smallest absolute Gasteiger partial charge is 0.238 e. The Kier molecular flexibility index (Phi) is 6.50. The van der Waals surface area contributed by atoms with Crippen molar-refractivity contribution < 1.29 is 14.3 Å². The van der Waals surface area contributed by atoms with Gasteiger partial charge in [0, 0.05) is 18.5 Å². The topological polar surface area (TPSA) is 38.8 Å². The second-order valence-electron chi connectivity index (χ2n) is 8.58. The van der Waals surface area contributed by atoms with Gasteiger partial charge in [-0.1, -0.05) is 72.8 Å². The van der Waals surface area contributed by atoms with E-state index in [1.54, 1.807) is 7.11 Å². The highest BCUT2D eigenvalue weighted by molar-refractivity contribution is 5.95. The molecule has 0 saturated carbocycles. The third-order valence-corrected chi connectivity index (χ3v) is 6.50. The maximum atomic E-state index is 14.1. The van der Waals surface area contributed by atoms with Crippen LogP contribution in [0.2, 0.25) is 0 Å². The van der Waals surface area contributed by atoms with Crippen molar-refractivity contribution in [2.24, 2.45) is 5.92 Å². The van der Waals surface area contributed by atoms with Crippen LogP contribution in [0.3, 0.4) is 0 Å². The highest BCUT2D eigenvalue weighted by Gasteiger charge is 2.56. The second kappa shape index (κ2) is 9.47. The Morgan fingerprint density at radius 2 is 1.41 bits per heavy atom. The van der Waals surface area contributed by atoms with E-state index in [-0.39, 0.29) is 17.9 Å². The molecule has 3 aromatic rings. The molecule has 32 heavy (non-hydrogen) atoms. The van der Waals surface area contributed by atoms with Gasteiger partial charge >= 0.3 is 0 Å². The lowest BCUT2D eigenvalue weighted by atomic mass is 9.66. The number of rotatable bonds is 8. The van der Waals surface area contributed by atoms with Gasteiger partial charge in [-0.2, -0.15) is 0 Å². The fraction of sp³-hybridized carbons (Fsp3) is 0.321. The molecule has 1 saturated heterocycles. The van der Waals surface area contributed by atoms with E-state index in [2.05, 4.69) is 38.1 Å². The number of carbonyl (C=O) groups is 1. The van der Waals surface area contributed by atoms with E-state index in [0.717, 1.165) is 29.0 Å². The minimum absolute atomic E-state index is 0.0805. The molecule has 0 aromatic heterocycles. The highest BCUT2D eigenvalue weighted by Crippen LogP contribution is 2.48. The first-order valence-corrected chi connectivity index (χ1v) is 11.3. The molecule has 0 bridgehead atoms. The third kappa shape index (κ3) is 3.86. The number of hydrogen-bond donors (Lipinski definition) is 0. The molecule has 0 radical (unpaired) electrons. The number of methoxy groups -OCH3 is 1. The lowest BCUT2D eigenvalue weighted by Crippen LogP contribution is -2.43. The zero-order valence-corrected chi connectivity index (χ0v) is 19.0. The maximum absolute atomic E-state index is 14.1. The normalized spacial score (nSPS) is 17.6. The fourth-order valence-electron chi connectivity index (χ4n) is 4.95. The van der Waals surface area contributed by atoms with Crippen molar-refractivity contribution in [3.8, 4) is 11.5 Å². The van der Waals surface area contributed by atoms with Crippen LogP contribution in [0.25, 0.3) is 0 Å². The summed E-state index contributed by atoms with van der Waals surface area (Å²) in [5.74, 6) is 1.70. The summed E-state index contributed by atoms with van der Waals surface area (Å²) < 4.78 is 11.6. The van der Waals surface area contributed by atoms with Gasteiger partial charge in [-0.3, -0.25) is 4.79 Å². The number of ether oxygens (including phenoxy) is 2. The Bertz CT molecular complexity index is 993. The van der Waals surface area contributed by atoms with Crippen LogP contribution >= 0.6 is 0 Å². The molecule has 1 fully saturated rings. The van der Waals surface area contributed by atoms with Crippen molar-refractivity contribution in [1.82, 2.24) is 4.90 Å². The molecule has 4 rings (SSSR count). The summed E-state index contributed by atoms with van der Waals surface area (Å²) in [6.07, 6.45) is 0.747. The summed E-state index contributed by atoms with van der Waals surface area (Å²) in [4.78, 5) is 16.1. The lowest BCUT2D eigenvalue weighted by Gasteiger charge is -2.34. The largest absolute Gasteiger partial charge is 0.493 e. The van der Waals surface area contributed by atoms with Crippen LogP contribution in [0.15, 0.2) is 84.9 Å². The molecule has 1 amide bonds. The standard InChI is InChI=1S/C28H31NO3/c1-21(2)29-20-24(18-19-32-26-17-11-10-16-25(26)31-3)28(27(29)30,22-12-6-4-7-13-22)23-14-8-5-9-15-23/h4-17,21,24H,18-20H2,1-3H3/t24-/m0/s1. The molecule has 0 spiro atoms. The van der Waals surface area contributed by atoms with Crippen LogP contribution in [0.1, 0.15) is 31.4 Å². The Morgan fingerprint density at radius 1 is 0.875 bits per heavy atom. The summed E-state index contributed by atoms with van der Waals surface area (Å²) in [5.41, 5.74) is 1.36. The molecular weight excluding hydrogens is 398 g/mol. The van der Waals surface area contributed by atoms with Gasteiger partial charge in [0.2, 0.25) is 5.91 Å². The van der Waals surface area contributed by atoms with E-state index in [9.17, 15) is 4.79 Å². The number of nitrogens with zero attached hydrogens (tertiary/aromatic N) is 1. The van der Waals surface area contributed by atoms with E-state index < -0.39 is 5.41 Å².